The molecule has 0 fully saturated rings. The molecule has 0 saturated carbocycles. The monoisotopic (exact) mass is 456 g/mol. The number of amidine groups is 1. The summed E-state index contributed by atoms with van der Waals surface area (Å²) < 4.78 is 3.11. The first-order chi connectivity index (χ1) is 12.9. The average molecular weight is 458 g/mol. The molecule has 0 aliphatic heterocycles. The number of halogens is 3. The smallest absolute Gasteiger partial charge is 0.408 e. The van der Waals surface area contributed by atoms with Crippen molar-refractivity contribution in [2.24, 2.45) is 10.7 Å². The number of nitrogens with two attached hydrogens (primary N) is 1. The fourth-order valence-electron chi connectivity index (χ4n) is 2.41. The van der Waals surface area contributed by atoms with Gasteiger partial charge in [-0.25, -0.2) is 4.79 Å². The molecular formula is C14H23Cl3N8O3. The molecule has 0 aromatic carbocycles. The van der Waals surface area contributed by atoms with E-state index in [9.17, 15) is 9.59 Å². The van der Waals surface area contributed by atoms with Gasteiger partial charge in [-0.05, 0) is 25.5 Å². The summed E-state index contributed by atoms with van der Waals surface area (Å²) in [5.74, 6) is -0.310. The highest BCUT2D eigenvalue weighted by atomic mass is 35.6. The van der Waals surface area contributed by atoms with Crippen LogP contribution in [0.1, 0.15) is 33.6 Å². The largest absolute Gasteiger partial charge is 0.445 e. The number of carbonyl (C=O) groups is 2. The highest BCUT2D eigenvalue weighted by Crippen LogP contribution is 2.27. The number of nitrogens with zero attached hydrogens (tertiary/aromatic N) is 5. The Labute approximate surface area is 177 Å². The topological polar surface area (TPSA) is 151 Å². The van der Waals surface area contributed by atoms with Crippen LogP contribution in [0, 0.1) is 0 Å². The van der Waals surface area contributed by atoms with Crippen LogP contribution in [-0.4, -0.2) is 67.5 Å². The molecule has 158 valence electrons. The number of aromatic nitrogens is 4. The Bertz CT molecular complexity index is 691. The van der Waals surface area contributed by atoms with Crippen molar-refractivity contribution in [2.75, 3.05) is 18.6 Å². The predicted octanol–water partition coefficient (Wildman–Crippen LogP) is 1.56. The number of hydrogen-bond acceptors (Lipinski definition) is 7. The fourth-order valence-corrected chi connectivity index (χ4v) is 2.58. The molecule has 2 amide bonds. The van der Waals surface area contributed by atoms with Gasteiger partial charge in [0.15, 0.2) is 0 Å². The van der Waals surface area contributed by atoms with Gasteiger partial charge >= 0.3 is 6.09 Å². The number of hydrogen-bond donors (Lipinski definition) is 3. The Morgan fingerprint density at radius 2 is 2.07 bits per heavy atom. The minimum absolute atomic E-state index is 0.0105. The van der Waals surface area contributed by atoms with Crippen LogP contribution < -0.4 is 16.0 Å². The maximum Gasteiger partial charge on any atom is 0.408 e. The summed E-state index contributed by atoms with van der Waals surface area (Å²) in [5.41, 5.74) is 4.17. The number of rotatable bonds is 8. The molecule has 0 saturated heterocycles. The maximum absolute atomic E-state index is 13.2. The molecular weight excluding hydrogens is 435 g/mol. The fraction of sp³-hybridized carbons (Fsp3) is 0.714. The van der Waals surface area contributed by atoms with Crippen molar-refractivity contribution < 1.29 is 14.3 Å². The normalized spacial score (nSPS) is 15.5. The third-order valence-electron chi connectivity index (χ3n) is 3.70. The van der Waals surface area contributed by atoms with Gasteiger partial charge in [0.25, 0.3) is 11.9 Å². The second kappa shape index (κ2) is 10.1. The molecule has 2 atom stereocenters. The summed E-state index contributed by atoms with van der Waals surface area (Å²) in [5, 5.41) is 15.7. The molecule has 0 spiro atoms. The van der Waals surface area contributed by atoms with Crippen molar-refractivity contribution >= 4 is 58.6 Å². The lowest BCUT2D eigenvalue weighted by molar-refractivity contribution is -0.124. The zero-order valence-electron chi connectivity index (χ0n) is 15.9. The van der Waals surface area contributed by atoms with Crippen LogP contribution in [0.3, 0.4) is 0 Å². The van der Waals surface area contributed by atoms with Gasteiger partial charge in [-0.1, -0.05) is 53.2 Å². The van der Waals surface area contributed by atoms with Crippen LogP contribution in [-0.2, 0) is 9.53 Å². The zero-order valence-corrected chi connectivity index (χ0v) is 18.1. The number of aliphatic imine (C=N–C) groups is 1. The summed E-state index contributed by atoms with van der Waals surface area (Å²) in [6.45, 7) is 4.47. The quantitative estimate of drug-likeness (QED) is 0.304. The number of tetrazole rings is 1. The molecule has 0 bridgehead atoms. The van der Waals surface area contributed by atoms with Gasteiger partial charge in [0, 0.05) is 7.05 Å². The number of carbonyl (C=O) groups excluding carboxylic acids is 2. The molecule has 1 heterocycles. The third kappa shape index (κ3) is 6.95. The molecule has 28 heavy (non-hydrogen) atoms. The van der Waals surface area contributed by atoms with Crippen molar-refractivity contribution in [1.29, 1.82) is 0 Å². The standard InChI is InChI=1S/C14H23Cl3N8O3/c1-5-6-9(19-8(2)18)13(3,20-12(27)28-7-14(15,16)17)10(26)25(4)11-21-23-24-22-11/h9H,5-7H2,1-4H3,(H2,18,19)(H,20,27)(H,21,22,23,24). The number of H-pyrrole nitrogens is 1. The van der Waals surface area contributed by atoms with E-state index in [1.165, 1.54) is 14.0 Å². The summed E-state index contributed by atoms with van der Waals surface area (Å²) in [4.78, 5) is 31.0. The zero-order chi connectivity index (χ0) is 21.5. The molecule has 0 radical (unpaired) electrons. The van der Waals surface area contributed by atoms with E-state index in [1.54, 1.807) is 6.92 Å². The van der Waals surface area contributed by atoms with Crippen molar-refractivity contribution in [3.8, 4) is 0 Å². The molecule has 1 rings (SSSR count). The van der Waals surface area contributed by atoms with Gasteiger partial charge in [0.2, 0.25) is 3.79 Å². The first kappa shape index (κ1) is 24.2. The number of likely N-dealkylation sites (N-methyl/N-ethyl adjacent to an activating group) is 1. The molecule has 2 unspecified atom stereocenters. The molecule has 14 heteroatoms. The van der Waals surface area contributed by atoms with Crippen LogP contribution in [0.15, 0.2) is 4.99 Å². The Balaban J connectivity index is 3.22. The van der Waals surface area contributed by atoms with E-state index < -0.39 is 34.0 Å². The molecule has 0 aliphatic rings. The number of amides is 2. The van der Waals surface area contributed by atoms with E-state index in [-0.39, 0.29) is 11.8 Å². The van der Waals surface area contributed by atoms with Crippen molar-refractivity contribution in [1.82, 2.24) is 25.9 Å². The molecule has 0 aliphatic carbocycles. The third-order valence-corrected chi connectivity index (χ3v) is 4.03. The van der Waals surface area contributed by atoms with Gasteiger partial charge in [-0.2, -0.15) is 5.21 Å². The SMILES string of the molecule is CCCC(N=C(C)N)C(C)(NC(=O)OCC(Cl)(Cl)Cl)C(=O)N(C)c1nn[nH]n1. The van der Waals surface area contributed by atoms with Crippen LogP contribution in [0.4, 0.5) is 10.7 Å². The number of anilines is 1. The average Bonchev–Trinajstić information content (AvgIpc) is 3.11. The Morgan fingerprint density at radius 3 is 2.54 bits per heavy atom. The van der Waals surface area contributed by atoms with E-state index in [0.717, 1.165) is 4.90 Å². The minimum Gasteiger partial charge on any atom is -0.445 e. The van der Waals surface area contributed by atoms with Crippen LogP contribution >= 0.6 is 34.8 Å². The number of ether oxygens (including phenoxy) is 1. The van der Waals surface area contributed by atoms with Crippen molar-refractivity contribution in [3.63, 3.8) is 0 Å². The van der Waals surface area contributed by atoms with E-state index >= 15 is 0 Å². The van der Waals surface area contributed by atoms with E-state index in [4.69, 9.17) is 45.3 Å². The van der Waals surface area contributed by atoms with Gasteiger partial charge in [0.05, 0.1) is 11.9 Å². The lowest BCUT2D eigenvalue weighted by Gasteiger charge is -2.36. The summed E-state index contributed by atoms with van der Waals surface area (Å²) in [6, 6.07) is -0.704. The summed E-state index contributed by atoms with van der Waals surface area (Å²) in [7, 11) is 1.43. The number of alkyl carbamates (subject to hydrolysis) is 1. The molecule has 11 nitrogen and oxygen atoms in total. The highest BCUT2D eigenvalue weighted by molar-refractivity contribution is 6.67. The molecule has 1 aromatic rings. The van der Waals surface area contributed by atoms with Gasteiger partial charge in [-0.15, -0.1) is 5.10 Å². The first-order valence-corrected chi connectivity index (χ1v) is 9.37. The predicted molar refractivity (Wildman–Crippen MR) is 107 cm³/mol. The van der Waals surface area contributed by atoms with E-state index in [2.05, 4.69) is 30.9 Å². The van der Waals surface area contributed by atoms with Crippen molar-refractivity contribution in [2.45, 2.75) is 49.0 Å². The first-order valence-electron chi connectivity index (χ1n) is 8.23. The summed E-state index contributed by atoms with van der Waals surface area (Å²) >= 11 is 16.8. The van der Waals surface area contributed by atoms with Crippen LogP contribution in [0.5, 0.6) is 0 Å². The van der Waals surface area contributed by atoms with Crippen molar-refractivity contribution in [3.05, 3.63) is 0 Å². The molecule has 4 N–H and O–H groups in total. The Hall–Kier alpha value is -1.85. The number of alkyl halides is 3. The highest BCUT2D eigenvalue weighted by Gasteiger charge is 2.46. The number of nitrogens with one attached hydrogen (secondary N) is 2. The van der Waals surface area contributed by atoms with E-state index in [0.29, 0.717) is 12.8 Å². The maximum atomic E-state index is 13.2. The Kier molecular flexibility index (Phi) is 8.71. The second-order valence-corrected chi connectivity index (χ2v) is 8.69. The van der Waals surface area contributed by atoms with Gasteiger partial charge < -0.3 is 15.8 Å². The van der Waals surface area contributed by atoms with Crippen LogP contribution in [0.25, 0.3) is 0 Å². The van der Waals surface area contributed by atoms with Gasteiger partial charge in [-0.3, -0.25) is 14.7 Å². The van der Waals surface area contributed by atoms with Gasteiger partial charge in [0.1, 0.15) is 12.1 Å². The summed E-state index contributed by atoms with van der Waals surface area (Å²) in [6.07, 6.45) is 0.151. The lowest BCUT2D eigenvalue weighted by Crippen LogP contribution is -2.63. The molecule has 1 aromatic heterocycles. The van der Waals surface area contributed by atoms with Crippen LogP contribution in [0.2, 0.25) is 0 Å². The van der Waals surface area contributed by atoms with E-state index in [1.807, 2.05) is 6.92 Å². The Morgan fingerprint density at radius 1 is 1.43 bits per heavy atom. The second-order valence-electron chi connectivity index (χ2n) is 6.17. The number of aromatic amines is 1. The minimum atomic E-state index is -1.80. The lowest BCUT2D eigenvalue weighted by atomic mass is 9.87.